The van der Waals surface area contributed by atoms with Crippen molar-refractivity contribution in [3.63, 3.8) is 0 Å². The molecule has 0 radical (unpaired) electrons. The van der Waals surface area contributed by atoms with Gasteiger partial charge < -0.3 is 10.1 Å². The van der Waals surface area contributed by atoms with Gasteiger partial charge in [0, 0.05) is 23.6 Å². The summed E-state index contributed by atoms with van der Waals surface area (Å²) in [6, 6.07) is 4.70. The number of hydrogen-bond donors (Lipinski definition) is 1. The van der Waals surface area contributed by atoms with E-state index in [1.807, 2.05) is 13.8 Å². The summed E-state index contributed by atoms with van der Waals surface area (Å²) < 4.78 is 19.6. The number of benzene rings is 1. The van der Waals surface area contributed by atoms with Gasteiger partial charge in [0.15, 0.2) is 0 Å². The maximum Gasteiger partial charge on any atom is 0.270 e. The van der Waals surface area contributed by atoms with Crippen LogP contribution in [0, 0.1) is 5.82 Å². The number of rotatable bonds is 7. The topological polar surface area (TPSA) is 51.2 Å². The van der Waals surface area contributed by atoms with Crippen LogP contribution in [0.4, 0.5) is 4.39 Å². The first-order chi connectivity index (χ1) is 10.7. The van der Waals surface area contributed by atoms with Crippen LogP contribution in [0.3, 0.4) is 0 Å². The Hall–Kier alpha value is -1.95. The van der Waals surface area contributed by atoms with Crippen LogP contribution in [-0.2, 0) is 0 Å². The van der Waals surface area contributed by atoms with Crippen molar-refractivity contribution in [1.29, 1.82) is 0 Å². The zero-order valence-corrected chi connectivity index (χ0v) is 13.5. The summed E-state index contributed by atoms with van der Waals surface area (Å²) in [5.74, 6) is -0.128. The van der Waals surface area contributed by atoms with Crippen LogP contribution < -0.4 is 10.1 Å². The largest absolute Gasteiger partial charge is 0.494 e. The van der Waals surface area contributed by atoms with Gasteiger partial charge in [0.25, 0.3) is 5.91 Å². The van der Waals surface area contributed by atoms with E-state index in [4.69, 9.17) is 4.74 Å². The summed E-state index contributed by atoms with van der Waals surface area (Å²) >= 11 is 1.25. The number of carbonyl (C=O) groups is 1. The third-order valence-corrected chi connectivity index (χ3v) is 3.79. The Balaban J connectivity index is 2.15. The van der Waals surface area contributed by atoms with E-state index in [0.717, 1.165) is 12.8 Å². The van der Waals surface area contributed by atoms with Crippen molar-refractivity contribution in [2.75, 3.05) is 13.2 Å². The minimum Gasteiger partial charge on any atom is -0.494 e. The van der Waals surface area contributed by atoms with Gasteiger partial charge in [-0.15, -0.1) is 11.3 Å². The fraction of sp³-hybridized carbons (Fsp3) is 0.375. The second-order valence-electron chi connectivity index (χ2n) is 4.78. The summed E-state index contributed by atoms with van der Waals surface area (Å²) in [5.41, 5.74) is 0.697. The SMILES string of the molecule is CCCNC(=O)c1csc(-c2ccc(OCCC)cc2F)n1. The normalized spacial score (nSPS) is 10.5. The number of nitrogens with zero attached hydrogens (tertiary/aromatic N) is 1. The molecule has 0 fully saturated rings. The molecule has 0 saturated carbocycles. The Bertz CT molecular complexity index is 643. The molecule has 1 N–H and O–H groups in total. The minimum atomic E-state index is -0.400. The van der Waals surface area contributed by atoms with Crippen molar-refractivity contribution in [2.45, 2.75) is 26.7 Å². The Kier molecular flexibility index (Phi) is 5.89. The molecule has 6 heteroatoms. The highest BCUT2D eigenvalue weighted by molar-refractivity contribution is 7.13. The van der Waals surface area contributed by atoms with Crippen LogP contribution in [0.5, 0.6) is 5.75 Å². The van der Waals surface area contributed by atoms with E-state index in [1.165, 1.54) is 17.4 Å². The molecule has 0 unspecified atom stereocenters. The van der Waals surface area contributed by atoms with Crippen LogP contribution in [0.25, 0.3) is 10.6 Å². The van der Waals surface area contributed by atoms with Gasteiger partial charge in [-0.3, -0.25) is 4.79 Å². The Labute approximate surface area is 133 Å². The summed E-state index contributed by atoms with van der Waals surface area (Å²) in [6.45, 7) is 5.12. The molecule has 0 aliphatic carbocycles. The van der Waals surface area contributed by atoms with Crippen molar-refractivity contribution in [2.24, 2.45) is 0 Å². The van der Waals surface area contributed by atoms with E-state index in [-0.39, 0.29) is 5.91 Å². The third kappa shape index (κ3) is 4.04. The van der Waals surface area contributed by atoms with Crippen LogP contribution in [0.2, 0.25) is 0 Å². The van der Waals surface area contributed by atoms with Gasteiger partial charge in [-0.05, 0) is 25.0 Å². The smallest absolute Gasteiger partial charge is 0.270 e. The van der Waals surface area contributed by atoms with Gasteiger partial charge in [0.05, 0.1) is 6.61 Å². The van der Waals surface area contributed by atoms with Gasteiger partial charge in [-0.1, -0.05) is 13.8 Å². The zero-order chi connectivity index (χ0) is 15.9. The van der Waals surface area contributed by atoms with Crippen LogP contribution in [0.1, 0.15) is 37.2 Å². The molecule has 22 heavy (non-hydrogen) atoms. The van der Waals surface area contributed by atoms with E-state index >= 15 is 0 Å². The number of halogens is 1. The standard InChI is InChI=1S/C16H19FN2O2S/c1-3-7-18-15(20)14-10-22-16(19-14)12-6-5-11(9-13(12)17)21-8-4-2/h5-6,9-10H,3-4,7-8H2,1-2H3,(H,18,20). The average Bonchev–Trinajstić information content (AvgIpc) is 3.00. The summed E-state index contributed by atoms with van der Waals surface area (Å²) in [4.78, 5) is 16.0. The van der Waals surface area contributed by atoms with Crippen LogP contribution >= 0.6 is 11.3 Å². The third-order valence-electron chi connectivity index (χ3n) is 2.92. The van der Waals surface area contributed by atoms with Gasteiger partial charge in [0.2, 0.25) is 0 Å². The van der Waals surface area contributed by atoms with Gasteiger partial charge >= 0.3 is 0 Å². The number of thiazole rings is 1. The van der Waals surface area contributed by atoms with Crippen LogP contribution in [-0.4, -0.2) is 24.0 Å². The second kappa shape index (κ2) is 7.89. The van der Waals surface area contributed by atoms with E-state index in [9.17, 15) is 9.18 Å². The second-order valence-corrected chi connectivity index (χ2v) is 5.64. The maximum atomic E-state index is 14.2. The van der Waals surface area contributed by atoms with Crippen molar-refractivity contribution >= 4 is 17.2 Å². The average molecular weight is 322 g/mol. The lowest BCUT2D eigenvalue weighted by molar-refractivity contribution is 0.0949. The minimum absolute atomic E-state index is 0.229. The molecule has 1 heterocycles. The molecule has 0 saturated heterocycles. The van der Waals surface area contributed by atoms with Crippen LogP contribution in [0.15, 0.2) is 23.6 Å². The number of carbonyl (C=O) groups excluding carboxylic acids is 1. The number of nitrogens with one attached hydrogen (secondary N) is 1. The summed E-state index contributed by atoms with van der Waals surface area (Å²) in [5, 5.41) is 4.88. The van der Waals surface area contributed by atoms with E-state index < -0.39 is 5.82 Å². The fourth-order valence-corrected chi connectivity index (χ4v) is 2.64. The molecule has 0 bridgehead atoms. The molecule has 1 aromatic carbocycles. The lowest BCUT2D eigenvalue weighted by Gasteiger charge is -2.06. The van der Waals surface area contributed by atoms with Gasteiger partial charge in [-0.25, -0.2) is 9.37 Å². The lowest BCUT2D eigenvalue weighted by atomic mass is 10.2. The number of aromatic nitrogens is 1. The monoisotopic (exact) mass is 322 g/mol. The molecule has 0 aliphatic heterocycles. The molecular formula is C16H19FN2O2S. The highest BCUT2D eigenvalue weighted by atomic mass is 32.1. The lowest BCUT2D eigenvalue weighted by Crippen LogP contribution is -2.24. The molecule has 118 valence electrons. The van der Waals surface area contributed by atoms with E-state index in [0.29, 0.717) is 35.2 Å². The zero-order valence-electron chi connectivity index (χ0n) is 12.7. The highest BCUT2D eigenvalue weighted by Crippen LogP contribution is 2.29. The maximum absolute atomic E-state index is 14.2. The van der Waals surface area contributed by atoms with E-state index in [1.54, 1.807) is 17.5 Å². The number of hydrogen-bond acceptors (Lipinski definition) is 4. The summed E-state index contributed by atoms with van der Waals surface area (Å²) in [6.07, 6.45) is 1.72. The van der Waals surface area contributed by atoms with Crippen molar-refractivity contribution < 1.29 is 13.9 Å². The quantitative estimate of drug-likeness (QED) is 0.841. The predicted molar refractivity (Wildman–Crippen MR) is 85.9 cm³/mol. The molecule has 2 rings (SSSR count). The number of amides is 1. The Morgan fingerprint density at radius 3 is 2.86 bits per heavy atom. The molecule has 4 nitrogen and oxygen atoms in total. The first kappa shape index (κ1) is 16.4. The first-order valence-corrected chi connectivity index (χ1v) is 8.20. The molecule has 0 atom stereocenters. The Morgan fingerprint density at radius 2 is 2.18 bits per heavy atom. The molecular weight excluding hydrogens is 303 g/mol. The Morgan fingerprint density at radius 1 is 1.36 bits per heavy atom. The van der Waals surface area contributed by atoms with Gasteiger partial charge in [0.1, 0.15) is 22.3 Å². The molecule has 0 aliphatic rings. The van der Waals surface area contributed by atoms with Crippen molar-refractivity contribution in [3.8, 4) is 16.3 Å². The fourth-order valence-electron chi connectivity index (χ4n) is 1.81. The molecule has 1 amide bonds. The first-order valence-electron chi connectivity index (χ1n) is 7.32. The summed E-state index contributed by atoms with van der Waals surface area (Å²) in [7, 11) is 0. The molecule has 0 spiro atoms. The molecule has 1 aromatic heterocycles. The highest BCUT2D eigenvalue weighted by Gasteiger charge is 2.14. The molecule has 2 aromatic rings. The number of ether oxygens (including phenoxy) is 1. The van der Waals surface area contributed by atoms with E-state index in [2.05, 4.69) is 10.3 Å². The van der Waals surface area contributed by atoms with Crippen molar-refractivity contribution in [3.05, 3.63) is 35.1 Å². The van der Waals surface area contributed by atoms with Crippen molar-refractivity contribution in [1.82, 2.24) is 10.3 Å². The predicted octanol–water partition coefficient (Wildman–Crippen LogP) is 3.88. The van der Waals surface area contributed by atoms with Gasteiger partial charge in [-0.2, -0.15) is 0 Å².